The average molecular weight is 234 g/mol. The predicted molar refractivity (Wildman–Crippen MR) is 71.2 cm³/mol. The Hall–Kier alpha value is -1.22. The van der Waals surface area contributed by atoms with Crippen molar-refractivity contribution >= 4 is 5.69 Å². The Morgan fingerprint density at radius 2 is 1.94 bits per heavy atom. The number of piperidine rings is 1. The van der Waals surface area contributed by atoms with Gasteiger partial charge < -0.3 is 15.4 Å². The summed E-state index contributed by atoms with van der Waals surface area (Å²) < 4.78 is 5.98. The lowest BCUT2D eigenvalue weighted by molar-refractivity contribution is 0.0983. The predicted octanol–water partition coefficient (Wildman–Crippen LogP) is 2.38. The van der Waals surface area contributed by atoms with Crippen LogP contribution in [-0.4, -0.2) is 31.1 Å². The molecule has 1 heterocycles. The Labute approximate surface area is 104 Å². The summed E-state index contributed by atoms with van der Waals surface area (Å²) in [4.78, 5) is 2.38. The standard InChI is InChI=1S/C14H22N2O/c1-11(12-7-9-16(2)10-8-12)17-14-6-4-3-5-13(14)15/h3-6,11-12H,7-10,15H2,1-2H3. The molecule has 0 spiro atoms. The SMILES string of the molecule is CC(Oc1ccccc1N)C1CCN(C)CC1. The van der Waals surface area contributed by atoms with E-state index in [2.05, 4.69) is 18.9 Å². The van der Waals surface area contributed by atoms with Gasteiger partial charge in [0.1, 0.15) is 5.75 Å². The number of nitrogens with two attached hydrogens (primary N) is 1. The molecule has 94 valence electrons. The highest BCUT2D eigenvalue weighted by Gasteiger charge is 2.23. The van der Waals surface area contributed by atoms with Crippen molar-refractivity contribution in [2.24, 2.45) is 5.92 Å². The van der Waals surface area contributed by atoms with E-state index in [0.717, 1.165) is 11.4 Å². The summed E-state index contributed by atoms with van der Waals surface area (Å²) in [5.41, 5.74) is 6.62. The molecule has 1 unspecified atom stereocenters. The highest BCUT2D eigenvalue weighted by Crippen LogP contribution is 2.27. The van der Waals surface area contributed by atoms with Crippen LogP contribution in [0.15, 0.2) is 24.3 Å². The van der Waals surface area contributed by atoms with Gasteiger partial charge in [0.2, 0.25) is 0 Å². The third-order valence-electron chi connectivity index (χ3n) is 3.66. The van der Waals surface area contributed by atoms with Gasteiger partial charge in [-0.05, 0) is 58.0 Å². The van der Waals surface area contributed by atoms with E-state index < -0.39 is 0 Å². The first kappa shape index (κ1) is 12.2. The van der Waals surface area contributed by atoms with E-state index in [-0.39, 0.29) is 6.10 Å². The topological polar surface area (TPSA) is 38.5 Å². The second-order valence-corrected chi connectivity index (χ2v) is 5.00. The number of nitrogens with zero attached hydrogens (tertiary/aromatic N) is 1. The molecule has 3 nitrogen and oxygen atoms in total. The van der Waals surface area contributed by atoms with Crippen LogP contribution >= 0.6 is 0 Å². The van der Waals surface area contributed by atoms with E-state index in [1.807, 2.05) is 24.3 Å². The Kier molecular flexibility index (Phi) is 3.89. The van der Waals surface area contributed by atoms with E-state index in [9.17, 15) is 0 Å². The zero-order valence-electron chi connectivity index (χ0n) is 10.7. The summed E-state index contributed by atoms with van der Waals surface area (Å²) in [5.74, 6) is 1.46. The normalized spacial score (nSPS) is 20.1. The molecule has 0 amide bonds. The maximum Gasteiger partial charge on any atom is 0.142 e. The summed E-state index contributed by atoms with van der Waals surface area (Å²) in [6.45, 7) is 4.49. The average Bonchev–Trinajstić information content (AvgIpc) is 2.33. The fourth-order valence-electron chi connectivity index (χ4n) is 2.38. The van der Waals surface area contributed by atoms with Crippen molar-refractivity contribution in [1.29, 1.82) is 0 Å². The van der Waals surface area contributed by atoms with Gasteiger partial charge in [-0.1, -0.05) is 12.1 Å². The van der Waals surface area contributed by atoms with Crippen LogP contribution in [0.25, 0.3) is 0 Å². The molecule has 0 saturated carbocycles. The minimum atomic E-state index is 0.244. The minimum absolute atomic E-state index is 0.244. The maximum absolute atomic E-state index is 5.98. The van der Waals surface area contributed by atoms with Gasteiger partial charge in [0.25, 0.3) is 0 Å². The molecule has 1 aliphatic rings. The Bertz CT molecular complexity index is 359. The van der Waals surface area contributed by atoms with Gasteiger partial charge >= 0.3 is 0 Å². The molecule has 0 bridgehead atoms. The molecule has 2 rings (SSSR count). The molecule has 17 heavy (non-hydrogen) atoms. The van der Waals surface area contributed by atoms with Crippen LogP contribution in [0, 0.1) is 5.92 Å². The second kappa shape index (κ2) is 5.41. The van der Waals surface area contributed by atoms with Gasteiger partial charge in [-0.2, -0.15) is 0 Å². The number of ether oxygens (including phenoxy) is 1. The molecule has 1 aliphatic heterocycles. The van der Waals surface area contributed by atoms with Gasteiger partial charge in [0.15, 0.2) is 0 Å². The largest absolute Gasteiger partial charge is 0.488 e. The first-order chi connectivity index (χ1) is 8.16. The quantitative estimate of drug-likeness (QED) is 0.816. The van der Waals surface area contributed by atoms with E-state index in [1.54, 1.807) is 0 Å². The van der Waals surface area contributed by atoms with Crippen LogP contribution < -0.4 is 10.5 Å². The van der Waals surface area contributed by atoms with Crippen LogP contribution in [0.3, 0.4) is 0 Å². The van der Waals surface area contributed by atoms with Crippen molar-refractivity contribution < 1.29 is 4.74 Å². The lowest BCUT2D eigenvalue weighted by Gasteiger charge is -2.32. The summed E-state index contributed by atoms with van der Waals surface area (Å²) in [7, 11) is 2.18. The number of rotatable bonds is 3. The van der Waals surface area contributed by atoms with Crippen molar-refractivity contribution in [2.75, 3.05) is 25.9 Å². The second-order valence-electron chi connectivity index (χ2n) is 5.00. The zero-order valence-corrected chi connectivity index (χ0v) is 10.7. The number of benzene rings is 1. The number of hydrogen-bond acceptors (Lipinski definition) is 3. The van der Waals surface area contributed by atoms with Crippen LogP contribution in [0.1, 0.15) is 19.8 Å². The van der Waals surface area contributed by atoms with Crippen molar-refractivity contribution in [3.05, 3.63) is 24.3 Å². The van der Waals surface area contributed by atoms with Crippen LogP contribution in [0.4, 0.5) is 5.69 Å². The molecule has 1 fully saturated rings. The summed E-state index contributed by atoms with van der Waals surface area (Å²) in [6.07, 6.45) is 2.67. The van der Waals surface area contributed by atoms with Crippen LogP contribution in [0.5, 0.6) is 5.75 Å². The van der Waals surface area contributed by atoms with Crippen molar-refractivity contribution in [1.82, 2.24) is 4.90 Å². The monoisotopic (exact) mass is 234 g/mol. The summed E-state index contributed by atoms with van der Waals surface area (Å²) >= 11 is 0. The summed E-state index contributed by atoms with van der Waals surface area (Å²) in [5, 5.41) is 0. The zero-order chi connectivity index (χ0) is 12.3. The van der Waals surface area contributed by atoms with Crippen LogP contribution in [0.2, 0.25) is 0 Å². The van der Waals surface area contributed by atoms with E-state index in [0.29, 0.717) is 5.92 Å². The molecule has 2 N–H and O–H groups in total. The molecule has 3 heteroatoms. The van der Waals surface area contributed by atoms with Crippen molar-refractivity contribution in [3.8, 4) is 5.75 Å². The molecule has 0 aromatic heterocycles. The number of para-hydroxylation sites is 2. The third kappa shape index (κ3) is 3.13. The smallest absolute Gasteiger partial charge is 0.142 e. The van der Waals surface area contributed by atoms with Gasteiger partial charge in [-0.15, -0.1) is 0 Å². The van der Waals surface area contributed by atoms with Crippen molar-refractivity contribution in [3.63, 3.8) is 0 Å². The lowest BCUT2D eigenvalue weighted by atomic mass is 9.92. The molecule has 0 aliphatic carbocycles. The minimum Gasteiger partial charge on any atom is -0.488 e. The molecule has 1 aromatic rings. The number of likely N-dealkylation sites (tertiary alicyclic amines) is 1. The van der Waals surface area contributed by atoms with Gasteiger partial charge in [-0.25, -0.2) is 0 Å². The molecular formula is C14H22N2O. The lowest BCUT2D eigenvalue weighted by Crippen LogP contribution is -2.36. The third-order valence-corrected chi connectivity index (χ3v) is 3.66. The van der Waals surface area contributed by atoms with E-state index >= 15 is 0 Å². The number of anilines is 1. The fraction of sp³-hybridized carbons (Fsp3) is 0.571. The van der Waals surface area contributed by atoms with Gasteiger partial charge in [0.05, 0.1) is 11.8 Å². The summed E-state index contributed by atoms with van der Waals surface area (Å²) in [6, 6.07) is 7.73. The van der Waals surface area contributed by atoms with E-state index in [1.165, 1.54) is 25.9 Å². The Balaban J connectivity index is 1.93. The van der Waals surface area contributed by atoms with Crippen molar-refractivity contribution in [2.45, 2.75) is 25.9 Å². The van der Waals surface area contributed by atoms with Crippen LogP contribution in [-0.2, 0) is 0 Å². The fourth-order valence-corrected chi connectivity index (χ4v) is 2.38. The first-order valence-electron chi connectivity index (χ1n) is 6.36. The maximum atomic E-state index is 5.98. The van der Waals surface area contributed by atoms with Gasteiger partial charge in [0, 0.05) is 0 Å². The molecule has 0 radical (unpaired) electrons. The molecular weight excluding hydrogens is 212 g/mol. The number of nitrogen functional groups attached to an aromatic ring is 1. The molecule has 1 saturated heterocycles. The molecule has 1 atom stereocenters. The Morgan fingerprint density at radius 1 is 1.29 bits per heavy atom. The van der Waals surface area contributed by atoms with E-state index in [4.69, 9.17) is 10.5 Å². The Morgan fingerprint density at radius 3 is 2.59 bits per heavy atom. The first-order valence-corrected chi connectivity index (χ1v) is 6.36. The highest BCUT2D eigenvalue weighted by atomic mass is 16.5. The van der Waals surface area contributed by atoms with Gasteiger partial charge in [-0.3, -0.25) is 0 Å². The highest BCUT2D eigenvalue weighted by molar-refractivity contribution is 5.51. The number of hydrogen-bond donors (Lipinski definition) is 1. The molecule has 1 aromatic carbocycles.